The van der Waals surface area contributed by atoms with Crippen molar-refractivity contribution >= 4 is 21.8 Å². The van der Waals surface area contributed by atoms with Crippen molar-refractivity contribution in [2.45, 2.75) is 33.7 Å². The molecule has 0 aliphatic heterocycles. The molecular weight excluding hydrogens is 278 g/mol. The molecule has 0 saturated heterocycles. The molecule has 94 valence electrons. The van der Waals surface area contributed by atoms with Crippen LogP contribution < -0.4 is 0 Å². The van der Waals surface area contributed by atoms with E-state index in [1.807, 2.05) is 52.1 Å². The van der Waals surface area contributed by atoms with Crippen LogP contribution in [0.3, 0.4) is 0 Å². The van der Waals surface area contributed by atoms with Crippen LogP contribution >= 0.6 is 15.9 Å². The monoisotopic (exact) mass is 297 g/mol. The minimum atomic E-state index is -0.277. The second kappa shape index (κ2) is 5.67. The quantitative estimate of drug-likeness (QED) is 0.827. The first-order valence-electron chi connectivity index (χ1n) is 5.87. The largest absolute Gasteiger partial charge is 0.341 e. The van der Waals surface area contributed by atoms with Crippen molar-refractivity contribution in [1.82, 2.24) is 4.90 Å². The number of benzene rings is 1. The zero-order chi connectivity index (χ0) is 13.1. The van der Waals surface area contributed by atoms with Crippen molar-refractivity contribution in [3.8, 4) is 0 Å². The molecule has 0 bridgehead atoms. The van der Waals surface area contributed by atoms with Crippen molar-refractivity contribution in [2.75, 3.05) is 7.05 Å². The third kappa shape index (κ3) is 3.84. The Balaban J connectivity index is 2.73. The van der Waals surface area contributed by atoms with Crippen molar-refractivity contribution in [3.05, 3.63) is 34.3 Å². The minimum Gasteiger partial charge on any atom is -0.341 e. The standard InChI is InChI=1S/C14H20BrNO/c1-5-14(2,3)13(17)16(4)10-11-7-6-8-12(15)9-11/h6-9H,5,10H2,1-4H3. The van der Waals surface area contributed by atoms with E-state index in [0.717, 1.165) is 16.5 Å². The average Bonchev–Trinajstić information content (AvgIpc) is 2.28. The first-order chi connectivity index (χ1) is 7.86. The lowest BCUT2D eigenvalue weighted by atomic mass is 9.88. The first-order valence-corrected chi connectivity index (χ1v) is 6.66. The topological polar surface area (TPSA) is 20.3 Å². The van der Waals surface area contributed by atoms with E-state index >= 15 is 0 Å². The van der Waals surface area contributed by atoms with Gasteiger partial charge in [0, 0.05) is 23.5 Å². The first kappa shape index (κ1) is 14.2. The molecule has 1 amide bonds. The average molecular weight is 298 g/mol. The number of amides is 1. The molecule has 0 saturated carbocycles. The van der Waals surface area contributed by atoms with E-state index < -0.39 is 0 Å². The fraction of sp³-hybridized carbons (Fsp3) is 0.500. The third-order valence-electron chi connectivity index (χ3n) is 3.12. The summed E-state index contributed by atoms with van der Waals surface area (Å²) >= 11 is 3.44. The molecule has 0 N–H and O–H groups in total. The Morgan fingerprint density at radius 2 is 2.06 bits per heavy atom. The van der Waals surface area contributed by atoms with Gasteiger partial charge < -0.3 is 4.90 Å². The van der Waals surface area contributed by atoms with Gasteiger partial charge in [0.2, 0.25) is 5.91 Å². The highest BCUT2D eigenvalue weighted by atomic mass is 79.9. The summed E-state index contributed by atoms with van der Waals surface area (Å²) in [6, 6.07) is 8.06. The van der Waals surface area contributed by atoms with Gasteiger partial charge in [-0.2, -0.15) is 0 Å². The maximum absolute atomic E-state index is 12.2. The fourth-order valence-corrected chi connectivity index (χ4v) is 2.10. The van der Waals surface area contributed by atoms with E-state index in [1.165, 1.54) is 0 Å². The van der Waals surface area contributed by atoms with Crippen molar-refractivity contribution in [1.29, 1.82) is 0 Å². The maximum Gasteiger partial charge on any atom is 0.228 e. The predicted octanol–water partition coefficient (Wildman–Crippen LogP) is 3.84. The molecule has 0 aliphatic carbocycles. The van der Waals surface area contributed by atoms with Crippen molar-refractivity contribution in [2.24, 2.45) is 5.41 Å². The van der Waals surface area contributed by atoms with Crippen LogP contribution in [0.2, 0.25) is 0 Å². The summed E-state index contributed by atoms with van der Waals surface area (Å²) in [5.74, 6) is 0.194. The second-order valence-corrected chi connectivity index (χ2v) is 5.94. The Bertz CT molecular complexity index is 401. The molecule has 1 aromatic rings. The van der Waals surface area contributed by atoms with Gasteiger partial charge in [0.1, 0.15) is 0 Å². The van der Waals surface area contributed by atoms with Gasteiger partial charge in [0.25, 0.3) is 0 Å². The molecule has 17 heavy (non-hydrogen) atoms. The van der Waals surface area contributed by atoms with Crippen LogP contribution in [0.1, 0.15) is 32.8 Å². The van der Waals surface area contributed by atoms with Gasteiger partial charge >= 0.3 is 0 Å². The van der Waals surface area contributed by atoms with E-state index in [4.69, 9.17) is 0 Å². The van der Waals surface area contributed by atoms with Gasteiger partial charge in [-0.1, -0.05) is 48.8 Å². The molecule has 3 heteroatoms. The van der Waals surface area contributed by atoms with Crippen LogP contribution in [0.5, 0.6) is 0 Å². The zero-order valence-electron chi connectivity index (χ0n) is 11.0. The van der Waals surface area contributed by atoms with Crippen LogP contribution in [0.15, 0.2) is 28.7 Å². The molecule has 0 radical (unpaired) electrons. The van der Waals surface area contributed by atoms with Gasteiger partial charge in [-0.05, 0) is 24.1 Å². The number of carbonyl (C=O) groups excluding carboxylic acids is 1. The summed E-state index contributed by atoms with van der Waals surface area (Å²) in [5, 5.41) is 0. The molecular formula is C14H20BrNO. The highest BCUT2D eigenvalue weighted by Crippen LogP contribution is 2.23. The van der Waals surface area contributed by atoms with E-state index in [1.54, 1.807) is 4.90 Å². The molecule has 0 spiro atoms. The third-order valence-corrected chi connectivity index (χ3v) is 3.61. The second-order valence-electron chi connectivity index (χ2n) is 5.03. The Hall–Kier alpha value is -0.830. The maximum atomic E-state index is 12.2. The van der Waals surface area contributed by atoms with Gasteiger partial charge in [-0.15, -0.1) is 0 Å². The SMILES string of the molecule is CCC(C)(C)C(=O)N(C)Cc1cccc(Br)c1. The Morgan fingerprint density at radius 1 is 1.41 bits per heavy atom. The predicted molar refractivity (Wildman–Crippen MR) is 74.7 cm³/mol. The highest BCUT2D eigenvalue weighted by molar-refractivity contribution is 9.10. The van der Waals surface area contributed by atoms with Gasteiger partial charge in [0.05, 0.1) is 0 Å². The Morgan fingerprint density at radius 3 is 2.59 bits per heavy atom. The lowest BCUT2D eigenvalue weighted by molar-refractivity contribution is -0.139. The van der Waals surface area contributed by atoms with Crippen molar-refractivity contribution < 1.29 is 4.79 Å². The molecule has 0 aromatic heterocycles. The number of hydrogen-bond donors (Lipinski definition) is 0. The van der Waals surface area contributed by atoms with E-state index in [0.29, 0.717) is 6.54 Å². The highest BCUT2D eigenvalue weighted by Gasteiger charge is 2.28. The summed E-state index contributed by atoms with van der Waals surface area (Å²) < 4.78 is 1.05. The molecule has 0 atom stereocenters. The Labute approximate surface area is 112 Å². The molecule has 1 aromatic carbocycles. The van der Waals surface area contributed by atoms with Crippen LogP contribution in [0.25, 0.3) is 0 Å². The minimum absolute atomic E-state index is 0.194. The van der Waals surface area contributed by atoms with Crippen LogP contribution in [-0.4, -0.2) is 17.9 Å². The molecule has 0 heterocycles. The van der Waals surface area contributed by atoms with Crippen LogP contribution in [-0.2, 0) is 11.3 Å². The molecule has 2 nitrogen and oxygen atoms in total. The molecule has 1 rings (SSSR count). The summed E-state index contributed by atoms with van der Waals surface area (Å²) in [6.07, 6.45) is 0.856. The molecule has 0 fully saturated rings. The van der Waals surface area contributed by atoms with Gasteiger partial charge in [-0.25, -0.2) is 0 Å². The van der Waals surface area contributed by atoms with Crippen LogP contribution in [0.4, 0.5) is 0 Å². The number of hydrogen-bond acceptors (Lipinski definition) is 1. The van der Waals surface area contributed by atoms with Crippen molar-refractivity contribution in [3.63, 3.8) is 0 Å². The number of carbonyl (C=O) groups is 1. The number of halogens is 1. The summed E-state index contributed by atoms with van der Waals surface area (Å²) in [5.41, 5.74) is 0.864. The summed E-state index contributed by atoms with van der Waals surface area (Å²) in [6.45, 7) is 6.69. The van der Waals surface area contributed by atoms with Gasteiger partial charge in [0.15, 0.2) is 0 Å². The summed E-state index contributed by atoms with van der Waals surface area (Å²) in [7, 11) is 1.86. The fourth-order valence-electron chi connectivity index (χ4n) is 1.65. The number of rotatable bonds is 4. The zero-order valence-corrected chi connectivity index (χ0v) is 12.5. The van der Waals surface area contributed by atoms with E-state index in [-0.39, 0.29) is 11.3 Å². The number of nitrogens with zero attached hydrogens (tertiary/aromatic N) is 1. The normalized spacial score (nSPS) is 11.4. The lowest BCUT2D eigenvalue weighted by Gasteiger charge is -2.28. The van der Waals surface area contributed by atoms with Crippen LogP contribution in [0, 0.1) is 5.41 Å². The van der Waals surface area contributed by atoms with Gasteiger partial charge in [-0.3, -0.25) is 4.79 Å². The smallest absolute Gasteiger partial charge is 0.228 e. The molecule has 0 unspecified atom stereocenters. The lowest BCUT2D eigenvalue weighted by Crippen LogP contribution is -2.37. The Kier molecular flexibility index (Phi) is 4.75. The van der Waals surface area contributed by atoms with E-state index in [9.17, 15) is 4.79 Å². The molecule has 0 aliphatic rings. The summed E-state index contributed by atoms with van der Waals surface area (Å²) in [4.78, 5) is 14.0. The van der Waals surface area contributed by atoms with E-state index in [2.05, 4.69) is 15.9 Å².